The number of carbonyl (C=O) groups is 1. The van der Waals surface area contributed by atoms with Gasteiger partial charge < -0.3 is 4.90 Å². The van der Waals surface area contributed by atoms with Crippen LogP contribution >= 0.6 is 15.9 Å². The minimum absolute atomic E-state index is 0.145. The highest BCUT2D eigenvalue weighted by Crippen LogP contribution is 2.49. The summed E-state index contributed by atoms with van der Waals surface area (Å²) in [5, 5.41) is 0. The van der Waals surface area contributed by atoms with Gasteiger partial charge in [0.2, 0.25) is 5.91 Å². The lowest BCUT2D eigenvalue weighted by atomic mass is 9.86. The first-order valence-corrected chi connectivity index (χ1v) is 8.50. The monoisotopic (exact) mass is 353 g/mol. The third-order valence-electron chi connectivity index (χ3n) is 5.16. The number of carbonyl (C=O) groups excluding carboxylic acids is 1. The standard InChI is InChI=1S/C17H21BrFNO/c1-20(10-14-8-15(18)4-5-16(14)19)17(21)9-13-7-11-2-3-12(13)6-11/h4-5,8,11-13H,2-3,6-7,9-10H2,1H3. The molecule has 0 spiro atoms. The molecule has 21 heavy (non-hydrogen) atoms. The van der Waals surface area contributed by atoms with Crippen LogP contribution in [0.2, 0.25) is 0 Å². The third-order valence-corrected chi connectivity index (χ3v) is 5.66. The maximum atomic E-state index is 13.8. The molecule has 1 amide bonds. The maximum absolute atomic E-state index is 13.8. The molecular formula is C17H21BrFNO. The number of hydrogen-bond donors (Lipinski definition) is 0. The number of hydrogen-bond acceptors (Lipinski definition) is 1. The number of halogens is 2. The summed E-state index contributed by atoms with van der Waals surface area (Å²) in [5.74, 6) is 2.08. The van der Waals surface area contributed by atoms with Gasteiger partial charge in [-0.25, -0.2) is 4.39 Å². The number of rotatable bonds is 4. The molecule has 0 aromatic heterocycles. The van der Waals surface area contributed by atoms with Crippen molar-refractivity contribution in [3.63, 3.8) is 0 Å². The molecule has 3 unspecified atom stereocenters. The summed E-state index contributed by atoms with van der Waals surface area (Å²) in [6.45, 7) is 0.338. The van der Waals surface area contributed by atoms with Crippen molar-refractivity contribution < 1.29 is 9.18 Å². The van der Waals surface area contributed by atoms with Crippen molar-refractivity contribution in [2.24, 2.45) is 17.8 Å². The summed E-state index contributed by atoms with van der Waals surface area (Å²) in [6.07, 6.45) is 5.83. The van der Waals surface area contributed by atoms with Crippen molar-refractivity contribution in [1.29, 1.82) is 0 Å². The second kappa shape index (κ2) is 6.07. The van der Waals surface area contributed by atoms with Gasteiger partial charge in [0.05, 0.1) is 0 Å². The van der Waals surface area contributed by atoms with E-state index in [1.165, 1.54) is 31.7 Å². The predicted molar refractivity (Wildman–Crippen MR) is 84.1 cm³/mol. The molecule has 0 N–H and O–H groups in total. The summed E-state index contributed by atoms with van der Waals surface area (Å²) >= 11 is 3.35. The Bertz CT molecular complexity index is 548. The lowest BCUT2D eigenvalue weighted by Gasteiger charge is -2.24. The van der Waals surface area contributed by atoms with Gasteiger partial charge in [-0.2, -0.15) is 0 Å². The Morgan fingerprint density at radius 3 is 2.86 bits per heavy atom. The van der Waals surface area contributed by atoms with E-state index in [1.807, 2.05) is 0 Å². The van der Waals surface area contributed by atoms with Gasteiger partial charge in [-0.3, -0.25) is 4.79 Å². The van der Waals surface area contributed by atoms with Gasteiger partial charge in [-0.1, -0.05) is 22.4 Å². The van der Waals surface area contributed by atoms with E-state index in [1.54, 1.807) is 24.1 Å². The lowest BCUT2D eigenvalue weighted by molar-refractivity contribution is -0.131. The zero-order chi connectivity index (χ0) is 15.0. The number of amides is 1. The van der Waals surface area contributed by atoms with Crippen LogP contribution in [0.25, 0.3) is 0 Å². The van der Waals surface area contributed by atoms with E-state index in [4.69, 9.17) is 0 Å². The first-order chi connectivity index (χ1) is 10.0. The zero-order valence-corrected chi connectivity index (χ0v) is 13.9. The third kappa shape index (κ3) is 3.31. The van der Waals surface area contributed by atoms with Gasteiger partial charge in [0.15, 0.2) is 0 Å². The molecule has 0 saturated heterocycles. The molecule has 1 aromatic carbocycles. The van der Waals surface area contributed by atoms with Gasteiger partial charge in [-0.05, 0) is 55.2 Å². The second-order valence-electron chi connectivity index (χ2n) is 6.62. The molecule has 0 heterocycles. The van der Waals surface area contributed by atoms with Gasteiger partial charge in [0.1, 0.15) is 5.82 Å². The van der Waals surface area contributed by atoms with E-state index in [-0.39, 0.29) is 11.7 Å². The minimum atomic E-state index is -0.252. The fourth-order valence-electron chi connectivity index (χ4n) is 4.01. The Morgan fingerprint density at radius 2 is 2.19 bits per heavy atom. The van der Waals surface area contributed by atoms with Gasteiger partial charge >= 0.3 is 0 Å². The van der Waals surface area contributed by atoms with Crippen molar-refractivity contribution in [3.05, 3.63) is 34.1 Å². The fourth-order valence-corrected chi connectivity index (χ4v) is 4.42. The van der Waals surface area contributed by atoms with Crippen molar-refractivity contribution in [1.82, 2.24) is 4.90 Å². The molecule has 2 bridgehead atoms. The van der Waals surface area contributed by atoms with E-state index in [0.29, 0.717) is 24.4 Å². The average molecular weight is 354 g/mol. The quantitative estimate of drug-likeness (QED) is 0.786. The van der Waals surface area contributed by atoms with Crippen LogP contribution in [0, 0.1) is 23.6 Å². The Labute approximate surface area is 133 Å². The van der Waals surface area contributed by atoms with Crippen LogP contribution in [0.3, 0.4) is 0 Å². The normalized spacial score (nSPS) is 27.1. The SMILES string of the molecule is CN(Cc1cc(Br)ccc1F)C(=O)CC1CC2CCC1C2. The second-order valence-corrected chi connectivity index (χ2v) is 7.54. The molecule has 1 aromatic rings. The fraction of sp³-hybridized carbons (Fsp3) is 0.588. The summed E-state index contributed by atoms with van der Waals surface area (Å²) < 4.78 is 14.6. The molecule has 3 rings (SSSR count). The summed E-state index contributed by atoms with van der Waals surface area (Å²) in [6, 6.07) is 4.86. The lowest BCUT2D eigenvalue weighted by Crippen LogP contribution is -2.29. The Balaban J connectivity index is 1.58. The van der Waals surface area contributed by atoms with Crippen LogP contribution in [0.5, 0.6) is 0 Å². The minimum Gasteiger partial charge on any atom is -0.341 e. The molecule has 2 fully saturated rings. The highest BCUT2D eigenvalue weighted by Gasteiger charge is 2.40. The first-order valence-electron chi connectivity index (χ1n) is 7.71. The summed E-state index contributed by atoms with van der Waals surface area (Å²) in [7, 11) is 1.77. The van der Waals surface area contributed by atoms with E-state index in [2.05, 4.69) is 15.9 Å². The van der Waals surface area contributed by atoms with E-state index in [0.717, 1.165) is 16.3 Å². The zero-order valence-electron chi connectivity index (χ0n) is 12.3. The van der Waals surface area contributed by atoms with Crippen molar-refractivity contribution in [2.75, 3.05) is 7.05 Å². The highest BCUT2D eigenvalue weighted by atomic mass is 79.9. The molecular weight excluding hydrogens is 333 g/mol. The largest absolute Gasteiger partial charge is 0.341 e. The highest BCUT2D eigenvalue weighted by molar-refractivity contribution is 9.10. The van der Waals surface area contributed by atoms with E-state index >= 15 is 0 Å². The molecule has 2 aliphatic carbocycles. The molecule has 3 atom stereocenters. The molecule has 2 saturated carbocycles. The van der Waals surface area contributed by atoms with Crippen molar-refractivity contribution >= 4 is 21.8 Å². The van der Waals surface area contributed by atoms with Gasteiger partial charge in [-0.15, -0.1) is 0 Å². The molecule has 0 radical (unpaired) electrons. The van der Waals surface area contributed by atoms with Crippen LogP contribution in [-0.4, -0.2) is 17.9 Å². The average Bonchev–Trinajstić information content (AvgIpc) is 3.05. The van der Waals surface area contributed by atoms with Gasteiger partial charge in [0.25, 0.3) is 0 Å². The van der Waals surface area contributed by atoms with Crippen LogP contribution in [-0.2, 0) is 11.3 Å². The first kappa shape index (κ1) is 15.0. The Kier molecular flexibility index (Phi) is 4.34. The van der Waals surface area contributed by atoms with Crippen LogP contribution in [0.1, 0.15) is 37.7 Å². The number of benzene rings is 1. The van der Waals surface area contributed by atoms with Gasteiger partial charge in [0, 0.05) is 30.0 Å². The van der Waals surface area contributed by atoms with Crippen LogP contribution < -0.4 is 0 Å². The smallest absolute Gasteiger partial charge is 0.222 e. The molecule has 4 heteroatoms. The molecule has 2 nitrogen and oxygen atoms in total. The summed E-state index contributed by atoms with van der Waals surface area (Å²) in [4.78, 5) is 14.0. The summed E-state index contributed by atoms with van der Waals surface area (Å²) in [5.41, 5.74) is 0.563. The Hall–Kier alpha value is -0.900. The maximum Gasteiger partial charge on any atom is 0.222 e. The van der Waals surface area contributed by atoms with Crippen molar-refractivity contribution in [2.45, 2.75) is 38.6 Å². The Morgan fingerprint density at radius 1 is 1.38 bits per heavy atom. The van der Waals surface area contributed by atoms with E-state index in [9.17, 15) is 9.18 Å². The van der Waals surface area contributed by atoms with Crippen molar-refractivity contribution in [3.8, 4) is 0 Å². The topological polar surface area (TPSA) is 20.3 Å². The molecule has 114 valence electrons. The number of nitrogens with zero attached hydrogens (tertiary/aromatic N) is 1. The number of fused-ring (bicyclic) bond motifs is 2. The molecule has 2 aliphatic rings. The predicted octanol–water partition coefficient (Wildman–Crippen LogP) is 4.37. The van der Waals surface area contributed by atoms with Crippen LogP contribution in [0.15, 0.2) is 22.7 Å². The molecule has 0 aliphatic heterocycles. The van der Waals surface area contributed by atoms with Crippen LogP contribution in [0.4, 0.5) is 4.39 Å². The van der Waals surface area contributed by atoms with E-state index < -0.39 is 0 Å².